The number of nitrogens with one attached hydrogen (secondary N) is 2. The van der Waals surface area contributed by atoms with E-state index < -0.39 is 0 Å². The molecule has 6 nitrogen and oxygen atoms in total. The zero-order valence-corrected chi connectivity index (χ0v) is 16.7. The first-order valence-electron chi connectivity index (χ1n) is 9.51. The molecule has 3 aromatic carbocycles. The third kappa shape index (κ3) is 5.02. The van der Waals surface area contributed by atoms with Crippen molar-refractivity contribution in [3.8, 4) is 17.0 Å². The number of ether oxygens (including phenoxy) is 1. The van der Waals surface area contributed by atoms with Crippen LogP contribution in [0.2, 0.25) is 0 Å². The first kappa shape index (κ1) is 20.0. The summed E-state index contributed by atoms with van der Waals surface area (Å²) in [4.78, 5) is 20.9. The molecule has 0 bridgehead atoms. The number of nitrogens with zero attached hydrogens (tertiary/aromatic N) is 2. The number of carbonyl (C=O) groups excluding carboxylic acids is 1. The molecular weight excluding hydrogens is 395 g/mol. The van der Waals surface area contributed by atoms with Crippen LogP contribution in [-0.4, -0.2) is 23.0 Å². The lowest BCUT2D eigenvalue weighted by atomic mass is 10.1. The second kappa shape index (κ2) is 9.04. The summed E-state index contributed by atoms with van der Waals surface area (Å²) in [6, 6.07) is 22.1. The molecule has 0 aliphatic carbocycles. The normalized spacial score (nSPS) is 10.4. The van der Waals surface area contributed by atoms with Gasteiger partial charge in [0, 0.05) is 34.6 Å². The molecule has 1 heterocycles. The van der Waals surface area contributed by atoms with Gasteiger partial charge in [-0.15, -0.1) is 0 Å². The fourth-order valence-electron chi connectivity index (χ4n) is 2.99. The fraction of sp³-hybridized carbons (Fsp3) is 0.0417. The van der Waals surface area contributed by atoms with Crippen molar-refractivity contribution in [1.82, 2.24) is 9.97 Å². The number of anilines is 3. The summed E-state index contributed by atoms with van der Waals surface area (Å²) >= 11 is 0. The Hall–Kier alpha value is -4.26. The molecule has 4 aromatic rings. The number of carbonyl (C=O) groups is 1. The number of hydrogen-bond donors (Lipinski definition) is 2. The van der Waals surface area contributed by atoms with Crippen molar-refractivity contribution in [1.29, 1.82) is 0 Å². The van der Waals surface area contributed by atoms with Crippen LogP contribution in [0.4, 0.5) is 21.6 Å². The van der Waals surface area contributed by atoms with Crippen molar-refractivity contribution in [2.45, 2.75) is 0 Å². The number of rotatable bonds is 6. The maximum Gasteiger partial charge on any atom is 0.255 e. The molecular formula is C24H19FN4O2. The maximum atomic E-state index is 13.5. The third-order valence-electron chi connectivity index (χ3n) is 4.53. The van der Waals surface area contributed by atoms with Gasteiger partial charge >= 0.3 is 0 Å². The van der Waals surface area contributed by atoms with Gasteiger partial charge in [-0.3, -0.25) is 4.79 Å². The molecule has 1 amide bonds. The van der Waals surface area contributed by atoms with Gasteiger partial charge in [-0.05, 0) is 48.5 Å². The highest BCUT2D eigenvalue weighted by molar-refractivity contribution is 6.04. The van der Waals surface area contributed by atoms with Gasteiger partial charge in [0.25, 0.3) is 5.91 Å². The lowest BCUT2D eigenvalue weighted by Gasteiger charge is -2.09. The van der Waals surface area contributed by atoms with Crippen LogP contribution in [0.3, 0.4) is 0 Å². The van der Waals surface area contributed by atoms with Crippen LogP contribution in [0.5, 0.6) is 5.75 Å². The Labute approximate surface area is 178 Å². The number of amides is 1. The van der Waals surface area contributed by atoms with Crippen LogP contribution in [0.15, 0.2) is 85.2 Å². The third-order valence-corrected chi connectivity index (χ3v) is 4.53. The highest BCUT2D eigenvalue weighted by Crippen LogP contribution is 2.22. The first-order chi connectivity index (χ1) is 15.1. The van der Waals surface area contributed by atoms with Crippen LogP contribution in [0, 0.1) is 5.82 Å². The van der Waals surface area contributed by atoms with E-state index in [1.807, 2.05) is 6.07 Å². The van der Waals surface area contributed by atoms with Gasteiger partial charge < -0.3 is 15.4 Å². The van der Waals surface area contributed by atoms with Crippen molar-refractivity contribution in [3.05, 3.63) is 96.6 Å². The number of aromatic nitrogens is 2. The van der Waals surface area contributed by atoms with Gasteiger partial charge in [0.15, 0.2) is 0 Å². The van der Waals surface area contributed by atoms with E-state index in [0.717, 1.165) is 5.69 Å². The minimum atomic E-state index is -0.326. The van der Waals surface area contributed by atoms with Crippen LogP contribution >= 0.6 is 0 Å². The smallest absolute Gasteiger partial charge is 0.255 e. The van der Waals surface area contributed by atoms with Crippen LogP contribution in [-0.2, 0) is 0 Å². The van der Waals surface area contributed by atoms with E-state index in [4.69, 9.17) is 4.74 Å². The van der Waals surface area contributed by atoms with E-state index in [2.05, 4.69) is 20.6 Å². The van der Waals surface area contributed by atoms with Crippen molar-refractivity contribution >= 4 is 23.1 Å². The summed E-state index contributed by atoms with van der Waals surface area (Å²) in [6.07, 6.45) is 1.42. The standard InChI is InChI=1S/C24H19FN4O2/c1-31-21-7-3-6-20(13-21)29-24(30)16-8-10-19(11-9-16)28-23-14-22(26-15-27-23)17-4-2-5-18(25)12-17/h2-15H,1H3,(H,29,30)(H,26,27,28). The predicted molar refractivity (Wildman–Crippen MR) is 118 cm³/mol. The molecule has 0 aliphatic heterocycles. The second-order valence-corrected chi connectivity index (χ2v) is 6.69. The zero-order chi connectivity index (χ0) is 21.6. The van der Waals surface area contributed by atoms with Crippen molar-refractivity contribution < 1.29 is 13.9 Å². The molecule has 7 heteroatoms. The van der Waals surface area contributed by atoms with E-state index in [0.29, 0.717) is 34.1 Å². The molecule has 0 saturated carbocycles. The lowest BCUT2D eigenvalue weighted by Crippen LogP contribution is -2.11. The molecule has 0 unspecified atom stereocenters. The van der Waals surface area contributed by atoms with Gasteiger partial charge in [-0.1, -0.05) is 18.2 Å². The zero-order valence-electron chi connectivity index (χ0n) is 16.7. The van der Waals surface area contributed by atoms with Crippen molar-refractivity contribution in [2.75, 3.05) is 17.7 Å². The summed E-state index contributed by atoms with van der Waals surface area (Å²) in [5.41, 5.74) is 3.18. The number of benzene rings is 3. The van der Waals surface area contributed by atoms with Gasteiger partial charge in [0.05, 0.1) is 12.8 Å². The van der Waals surface area contributed by atoms with E-state index in [9.17, 15) is 9.18 Å². The fourth-order valence-corrected chi connectivity index (χ4v) is 2.99. The Balaban J connectivity index is 1.45. The van der Waals surface area contributed by atoms with Gasteiger partial charge in [0.1, 0.15) is 23.7 Å². The van der Waals surface area contributed by atoms with E-state index in [1.54, 1.807) is 67.8 Å². The monoisotopic (exact) mass is 414 g/mol. The van der Waals surface area contributed by atoms with Crippen LogP contribution in [0.25, 0.3) is 11.3 Å². The number of halogens is 1. The van der Waals surface area contributed by atoms with Crippen molar-refractivity contribution in [3.63, 3.8) is 0 Å². The van der Waals surface area contributed by atoms with Gasteiger partial charge in [0.2, 0.25) is 0 Å². The van der Waals surface area contributed by atoms with E-state index >= 15 is 0 Å². The minimum Gasteiger partial charge on any atom is -0.497 e. The molecule has 1 aromatic heterocycles. The molecule has 0 spiro atoms. The summed E-state index contributed by atoms with van der Waals surface area (Å²) in [7, 11) is 1.57. The quantitative estimate of drug-likeness (QED) is 0.449. The summed E-state index contributed by atoms with van der Waals surface area (Å²) < 4.78 is 18.6. The Morgan fingerprint density at radius 3 is 2.48 bits per heavy atom. The SMILES string of the molecule is COc1cccc(NC(=O)c2ccc(Nc3cc(-c4cccc(F)c4)ncn3)cc2)c1. The summed E-state index contributed by atoms with van der Waals surface area (Å²) in [5, 5.41) is 6.01. The topological polar surface area (TPSA) is 76.1 Å². The molecule has 154 valence electrons. The molecule has 0 radical (unpaired) electrons. The second-order valence-electron chi connectivity index (χ2n) is 6.69. The van der Waals surface area contributed by atoms with Gasteiger partial charge in [-0.2, -0.15) is 0 Å². The van der Waals surface area contributed by atoms with E-state index in [1.165, 1.54) is 18.5 Å². The molecule has 4 rings (SSSR count). The van der Waals surface area contributed by atoms with Crippen LogP contribution < -0.4 is 15.4 Å². The number of methoxy groups -OCH3 is 1. The first-order valence-corrected chi connectivity index (χ1v) is 9.51. The summed E-state index contributed by atoms with van der Waals surface area (Å²) in [5.74, 6) is 0.673. The Kier molecular flexibility index (Phi) is 5.84. The highest BCUT2D eigenvalue weighted by Gasteiger charge is 2.08. The van der Waals surface area contributed by atoms with Crippen molar-refractivity contribution in [2.24, 2.45) is 0 Å². The largest absolute Gasteiger partial charge is 0.497 e. The summed E-state index contributed by atoms with van der Waals surface area (Å²) in [6.45, 7) is 0. The predicted octanol–water partition coefficient (Wildman–Crippen LogP) is 5.29. The Bertz CT molecular complexity index is 1210. The average Bonchev–Trinajstić information content (AvgIpc) is 2.80. The van der Waals surface area contributed by atoms with E-state index in [-0.39, 0.29) is 11.7 Å². The van der Waals surface area contributed by atoms with Gasteiger partial charge in [-0.25, -0.2) is 14.4 Å². The lowest BCUT2D eigenvalue weighted by molar-refractivity contribution is 0.102. The average molecular weight is 414 g/mol. The van der Waals surface area contributed by atoms with Crippen LogP contribution in [0.1, 0.15) is 10.4 Å². The molecule has 0 atom stereocenters. The molecule has 0 fully saturated rings. The Morgan fingerprint density at radius 2 is 1.71 bits per heavy atom. The Morgan fingerprint density at radius 1 is 0.903 bits per heavy atom. The number of hydrogen-bond acceptors (Lipinski definition) is 5. The molecule has 2 N–H and O–H groups in total. The minimum absolute atomic E-state index is 0.227. The molecule has 0 aliphatic rings. The maximum absolute atomic E-state index is 13.5. The molecule has 31 heavy (non-hydrogen) atoms. The molecule has 0 saturated heterocycles. The highest BCUT2D eigenvalue weighted by atomic mass is 19.1.